The van der Waals surface area contributed by atoms with Crippen LogP contribution in [0, 0.1) is 0 Å². The van der Waals surface area contributed by atoms with Gasteiger partial charge in [0, 0.05) is 20.0 Å². The van der Waals surface area contributed by atoms with E-state index in [0.717, 1.165) is 12.8 Å². The van der Waals surface area contributed by atoms with E-state index in [9.17, 15) is 4.79 Å². The minimum Gasteiger partial charge on any atom is -0.377 e. The van der Waals surface area contributed by atoms with E-state index in [1.165, 1.54) is 0 Å². The zero-order valence-corrected chi connectivity index (χ0v) is 10.2. The van der Waals surface area contributed by atoms with Crippen molar-refractivity contribution in [3.63, 3.8) is 0 Å². The fourth-order valence-electron chi connectivity index (χ4n) is 1.16. The van der Waals surface area contributed by atoms with Crippen molar-refractivity contribution in [2.45, 2.75) is 39.2 Å². The van der Waals surface area contributed by atoms with Crippen molar-refractivity contribution in [3.8, 4) is 0 Å². The lowest BCUT2D eigenvalue weighted by Crippen LogP contribution is -2.30. The van der Waals surface area contributed by atoms with Gasteiger partial charge < -0.3 is 15.4 Å². The van der Waals surface area contributed by atoms with Gasteiger partial charge in [0.25, 0.3) is 0 Å². The van der Waals surface area contributed by atoms with Gasteiger partial charge in [0.15, 0.2) is 0 Å². The zero-order chi connectivity index (χ0) is 11.7. The minimum absolute atomic E-state index is 0.177. The molecule has 0 aliphatic rings. The Morgan fingerprint density at radius 1 is 1.40 bits per heavy atom. The average molecular weight is 216 g/mol. The number of hydrogen-bond acceptors (Lipinski definition) is 3. The molecule has 0 heterocycles. The largest absolute Gasteiger partial charge is 0.377 e. The molecule has 15 heavy (non-hydrogen) atoms. The van der Waals surface area contributed by atoms with E-state index >= 15 is 0 Å². The predicted molar refractivity (Wildman–Crippen MR) is 61.6 cm³/mol. The summed E-state index contributed by atoms with van der Waals surface area (Å²) in [6, 6.07) is 0. The SMILES string of the molecule is CC(C)OCCN(C)C(=O)CCCCN. The molecule has 0 aromatic rings. The molecule has 0 radical (unpaired) electrons. The first-order valence-electron chi connectivity index (χ1n) is 5.63. The Bertz CT molecular complexity index is 172. The van der Waals surface area contributed by atoms with E-state index < -0.39 is 0 Å². The van der Waals surface area contributed by atoms with Crippen LogP contribution in [0.1, 0.15) is 33.1 Å². The molecule has 2 N–H and O–H groups in total. The molecule has 4 nitrogen and oxygen atoms in total. The Kier molecular flexibility index (Phi) is 8.33. The van der Waals surface area contributed by atoms with Gasteiger partial charge in [0.2, 0.25) is 5.91 Å². The molecule has 0 unspecified atom stereocenters. The number of hydrogen-bond donors (Lipinski definition) is 1. The van der Waals surface area contributed by atoms with Crippen molar-refractivity contribution in [2.75, 3.05) is 26.7 Å². The molecule has 0 aliphatic heterocycles. The topological polar surface area (TPSA) is 55.6 Å². The summed E-state index contributed by atoms with van der Waals surface area (Å²) >= 11 is 0. The number of unbranched alkanes of at least 4 members (excludes halogenated alkanes) is 1. The molecule has 0 aromatic carbocycles. The molecule has 0 spiro atoms. The second kappa shape index (κ2) is 8.68. The minimum atomic E-state index is 0.177. The molecule has 90 valence electrons. The van der Waals surface area contributed by atoms with Gasteiger partial charge in [0.1, 0.15) is 0 Å². The summed E-state index contributed by atoms with van der Waals surface area (Å²) in [6.07, 6.45) is 2.62. The Balaban J connectivity index is 3.51. The smallest absolute Gasteiger partial charge is 0.222 e. The van der Waals surface area contributed by atoms with Crippen molar-refractivity contribution < 1.29 is 9.53 Å². The maximum absolute atomic E-state index is 11.5. The molecular formula is C11H24N2O2. The molecule has 4 heteroatoms. The van der Waals surface area contributed by atoms with E-state index in [1.54, 1.807) is 4.90 Å². The summed E-state index contributed by atoms with van der Waals surface area (Å²) in [6.45, 7) is 5.91. The Morgan fingerprint density at radius 3 is 2.60 bits per heavy atom. The van der Waals surface area contributed by atoms with E-state index in [0.29, 0.717) is 26.1 Å². The van der Waals surface area contributed by atoms with Gasteiger partial charge in [-0.25, -0.2) is 0 Å². The predicted octanol–water partition coefficient (Wildman–Crippen LogP) is 0.999. The van der Waals surface area contributed by atoms with Crippen LogP contribution in [0.4, 0.5) is 0 Å². The third-order valence-corrected chi connectivity index (χ3v) is 2.15. The number of amides is 1. The number of rotatable bonds is 8. The molecule has 0 aromatic heterocycles. The number of nitrogens with zero attached hydrogens (tertiary/aromatic N) is 1. The quantitative estimate of drug-likeness (QED) is 0.616. The van der Waals surface area contributed by atoms with Gasteiger partial charge in [-0.05, 0) is 33.2 Å². The summed E-state index contributed by atoms with van der Waals surface area (Å²) in [5.74, 6) is 0.177. The fraction of sp³-hybridized carbons (Fsp3) is 0.909. The first-order chi connectivity index (χ1) is 7.07. The Morgan fingerprint density at radius 2 is 2.07 bits per heavy atom. The first kappa shape index (κ1) is 14.4. The standard InChI is InChI=1S/C11H24N2O2/c1-10(2)15-9-8-13(3)11(14)6-4-5-7-12/h10H,4-9,12H2,1-3H3. The van der Waals surface area contributed by atoms with E-state index in [1.807, 2.05) is 20.9 Å². The highest BCUT2D eigenvalue weighted by Gasteiger charge is 2.07. The number of ether oxygens (including phenoxy) is 1. The first-order valence-corrected chi connectivity index (χ1v) is 5.63. The molecule has 1 amide bonds. The summed E-state index contributed by atoms with van der Waals surface area (Å²) in [4.78, 5) is 13.2. The van der Waals surface area contributed by atoms with Crippen molar-refractivity contribution in [1.29, 1.82) is 0 Å². The third-order valence-electron chi connectivity index (χ3n) is 2.15. The zero-order valence-electron chi connectivity index (χ0n) is 10.2. The highest BCUT2D eigenvalue weighted by Crippen LogP contribution is 1.98. The van der Waals surface area contributed by atoms with Crippen LogP contribution in [0.2, 0.25) is 0 Å². The lowest BCUT2D eigenvalue weighted by atomic mass is 10.2. The molecule has 0 rings (SSSR count). The number of likely N-dealkylation sites (N-methyl/N-ethyl adjacent to an activating group) is 1. The van der Waals surface area contributed by atoms with Crippen LogP contribution in [0.15, 0.2) is 0 Å². The number of carbonyl (C=O) groups excluding carboxylic acids is 1. The van der Waals surface area contributed by atoms with Crippen molar-refractivity contribution in [3.05, 3.63) is 0 Å². The van der Waals surface area contributed by atoms with E-state index in [4.69, 9.17) is 10.5 Å². The molecule has 0 saturated heterocycles. The third kappa shape index (κ3) is 8.39. The van der Waals surface area contributed by atoms with Gasteiger partial charge in [-0.3, -0.25) is 4.79 Å². The van der Waals surface area contributed by atoms with Crippen LogP contribution in [0.25, 0.3) is 0 Å². The normalized spacial score (nSPS) is 10.7. The van der Waals surface area contributed by atoms with E-state index in [-0.39, 0.29) is 12.0 Å². The highest BCUT2D eigenvalue weighted by molar-refractivity contribution is 5.75. The monoisotopic (exact) mass is 216 g/mol. The maximum atomic E-state index is 11.5. The van der Waals surface area contributed by atoms with Crippen LogP contribution < -0.4 is 5.73 Å². The molecular weight excluding hydrogens is 192 g/mol. The van der Waals surface area contributed by atoms with Crippen molar-refractivity contribution in [2.24, 2.45) is 5.73 Å². The summed E-state index contributed by atoms with van der Waals surface area (Å²) in [5, 5.41) is 0. The van der Waals surface area contributed by atoms with Gasteiger partial charge in [0.05, 0.1) is 12.7 Å². The van der Waals surface area contributed by atoms with Crippen LogP contribution in [0.3, 0.4) is 0 Å². The molecule has 0 atom stereocenters. The lowest BCUT2D eigenvalue weighted by Gasteiger charge is -2.18. The second-order valence-corrected chi connectivity index (χ2v) is 3.98. The van der Waals surface area contributed by atoms with Crippen LogP contribution >= 0.6 is 0 Å². The fourth-order valence-corrected chi connectivity index (χ4v) is 1.16. The van der Waals surface area contributed by atoms with Crippen molar-refractivity contribution in [1.82, 2.24) is 4.90 Å². The van der Waals surface area contributed by atoms with Gasteiger partial charge in [-0.2, -0.15) is 0 Å². The van der Waals surface area contributed by atoms with Crippen LogP contribution in [0.5, 0.6) is 0 Å². The second-order valence-electron chi connectivity index (χ2n) is 3.98. The molecule has 0 bridgehead atoms. The molecule has 0 saturated carbocycles. The van der Waals surface area contributed by atoms with Crippen LogP contribution in [-0.4, -0.2) is 43.7 Å². The number of nitrogens with two attached hydrogens (primary N) is 1. The highest BCUT2D eigenvalue weighted by atomic mass is 16.5. The van der Waals surface area contributed by atoms with Crippen LogP contribution in [-0.2, 0) is 9.53 Å². The average Bonchev–Trinajstić information content (AvgIpc) is 2.17. The Hall–Kier alpha value is -0.610. The number of carbonyl (C=O) groups is 1. The Labute approximate surface area is 92.8 Å². The van der Waals surface area contributed by atoms with Gasteiger partial charge in [-0.1, -0.05) is 0 Å². The maximum Gasteiger partial charge on any atom is 0.222 e. The lowest BCUT2D eigenvalue weighted by molar-refractivity contribution is -0.130. The summed E-state index contributed by atoms with van der Waals surface area (Å²) < 4.78 is 5.37. The van der Waals surface area contributed by atoms with Gasteiger partial charge >= 0.3 is 0 Å². The molecule has 0 fully saturated rings. The van der Waals surface area contributed by atoms with Gasteiger partial charge in [-0.15, -0.1) is 0 Å². The summed E-state index contributed by atoms with van der Waals surface area (Å²) in [5.41, 5.74) is 5.36. The molecule has 0 aliphatic carbocycles. The van der Waals surface area contributed by atoms with Crippen molar-refractivity contribution >= 4 is 5.91 Å². The van der Waals surface area contributed by atoms with E-state index in [2.05, 4.69) is 0 Å². The summed E-state index contributed by atoms with van der Waals surface area (Å²) in [7, 11) is 1.81.